The first-order chi connectivity index (χ1) is 9.90. The highest BCUT2D eigenvalue weighted by molar-refractivity contribution is 9.10. The van der Waals surface area contributed by atoms with E-state index >= 15 is 0 Å². The predicted octanol–water partition coefficient (Wildman–Crippen LogP) is 5.31. The molecular weight excluding hydrogens is 343 g/mol. The molecule has 1 rings (SSSR count). The Balaban J connectivity index is 3.01. The summed E-state index contributed by atoms with van der Waals surface area (Å²) < 4.78 is 39.3. The molecule has 5 heteroatoms. The van der Waals surface area contributed by atoms with Crippen molar-refractivity contribution in [1.29, 1.82) is 0 Å². The second kappa shape index (κ2) is 8.45. The SMILES string of the molecule is C#CCCCC(NCCC)c1cc(C(F)(F)F)ccc1Br. The third-order valence-electron chi connectivity index (χ3n) is 3.15. The quantitative estimate of drug-likeness (QED) is 0.512. The monoisotopic (exact) mass is 361 g/mol. The van der Waals surface area contributed by atoms with Crippen LogP contribution in [0.25, 0.3) is 0 Å². The Morgan fingerprint density at radius 2 is 2.10 bits per heavy atom. The summed E-state index contributed by atoms with van der Waals surface area (Å²) in [5.74, 6) is 2.56. The summed E-state index contributed by atoms with van der Waals surface area (Å²) >= 11 is 3.35. The average Bonchev–Trinajstić information content (AvgIpc) is 2.42. The number of benzene rings is 1. The highest BCUT2D eigenvalue weighted by Crippen LogP contribution is 2.35. The highest BCUT2D eigenvalue weighted by Gasteiger charge is 2.31. The van der Waals surface area contributed by atoms with Gasteiger partial charge in [0.2, 0.25) is 0 Å². The zero-order valence-corrected chi connectivity index (χ0v) is 13.5. The Morgan fingerprint density at radius 1 is 1.38 bits per heavy atom. The Morgan fingerprint density at radius 3 is 2.67 bits per heavy atom. The van der Waals surface area contributed by atoms with Crippen LogP contribution >= 0.6 is 15.9 Å². The molecule has 1 atom stereocenters. The summed E-state index contributed by atoms with van der Waals surface area (Å²) in [6, 6.07) is 3.63. The third-order valence-corrected chi connectivity index (χ3v) is 3.88. The molecule has 0 aliphatic heterocycles. The van der Waals surface area contributed by atoms with Gasteiger partial charge in [0, 0.05) is 16.9 Å². The van der Waals surface area contributed by atoms with Crippen LogP contribution in [0.1, 0.15) is 49.8 Å². The lowest BCUT2D eigenvalue weighted by atomic mass is 9.98. The van der Waals surface area contributed by atoms with Gasteiger partial charge in [0.05, 0.1) is 5.56 Å². The van der Waals surface area contributed by atoms with E-state index in [9.17, 15) is 13.2 Å². The van der Waals surface area contributed by atoms with Crippen molar-refractivity contribution in [3.8, 4) is 12.3 Å². The van der Waals surface area contributed by atoms with E-state index in [1.807, 2.05) is 6.92 Å². The second-order valence-corrected chi connectivity index (χ2v) is 5.69. The van der Waals surface area contributed by atoms with E-state index in [-0.39, 0.29) is 6.04 Å². The normalized spacial score (nSPS) is 13.0. The first-order valence-corrected chi connectivity index (χ1v) is 7.73. The summed E-state index contributed by atoms with van der Waals surface area (Å²) in [5.41, 5.74) is 0.0104. The molecule has 1 nitrogen and oxygen atoms in total. The van der Waals surface area contributed by atoms with Crippen LogP contribution < -0.4 is 5.32 Å². The zero-order chi connectivity index (χ0) is 15.9. The van der Waals surface area contributed by atoms with Gasteiger partial charge in [-0.25, -0.2) is 0 Å². The van der Waals surface area contributed by atoms with E-state index in [0.29, 0.717) is 22.9 Å². The number of nitrogens with one attached hydrogen (secondary N) is 1. The maximum atomic E-state index is 12.9. The van der Waals surface area contributed by atoms with Crippen molar-refractivity contribution in [2.75, 3.05) is 6.54 Å². The van der Waals surface area contributed by atoms with Crippen molar-refractivity contribution in [3.63, 3.8) is 0 Å². The van der Waals surface area contributed by atoms with Gasteiger partial charge in [-0.1, -0.05) is 22.9 Å². The molecule has 0 fully saturated rings. The lowest BCUT2D eigenvalue weighted by molar-refractivity contribution is -0.137. The third kappa shape index (κ3) is 5.72. The number of terminal acetylenes is 1. The number of alkyl halides is 3. The molecule has 1 aromatic rings. The number of unbranched alkanes of at least 4 members (excludes halogenated alkanes) is 1. The van der Waals surface area contributed by atoms with Gasteiger partial charge < -0.3 is 5.32 Å². The molecule has 0 heterocycles. The molecule has 0 saturated heterocycles. The summed E-state index contributed by atoms with van der Waals surface area (Å²) in [5, 5.41) is 3.30. The molecule has 21 heavy (non-hydrogen) atoms. The van der Waals surface area contributed by atoms with Crippen LogP contribution in [0.4, 0.5) is 13.2 Å². The minimum absolute atomic E-state index is 0.130. The topological polar surface area (TPSA) is 12.0 Å². The molecule has 0 saturated carbocycles. The van der Waals surface area contributed by atoms with E-state index in [1.165, 1.54) is 12.1 Å². The van der Waals surface area contributed by atoms with E-state index < -0.39 is 11.7 Å². The van der Waals surface area contributed by atoms with E-state index in [0.717, 1.165) is 25.5 Å². The smallest absolute Gasteiger partial charge is 0.310 e. The minimum Gasteiger partial charge on any atom is -0.310 e. The van der Waals surface area contributed by atoms with Crippen LogP contribution in [0, 0.1) is 12.3 Å². The van der Waals surface area contributed by atoms with E-state index in [2.05, 4.69) is 27.2 Å². The summed E-state index contributed by atoms with van der Waals surface area (Å²) in [7, 11) is 0. The van der Waals surface area contributed by atoms with Gasteiger partial charge in [-0.3, -0.25) is 0 Å². The summed E-state index contributed by atoms with van der Waals surface area (Å²) in [4.78, 5) is 0. The molecule has 0 radical (unpaired) electrons. The van der Waals surface area contributed by atoms with Crippen LogP contribution in [0.2, 0.25) is 0 Å². The molecule has 1 N–H and O–H groups in total. The van der Waals surface area contributed by atoms with Gasteiger partial charge in [0.1, 0.15) is 0 Å². The molecule has 0 spiro atoms. The van der Waals surface area contributed by atoms with Crippen molar-refractivity contribution in [2.45, 2.75) is 44.8 Å². The Bertz CT molecular complexity index is 491. The molecule has 0 amide bonds. The molecule has 1 unspecified atom stereocenters. The van der Waals surface area contributed by atoms with Crippen molar-refractivity contribution in [3.05, 3.63) is 33.8 Å². The van der Waals surface area contributed by atoms with Crippen LogP contribution in [0.5, 0.6) is 0 Å². The van der Waals surface area contributed by atoms with Crippen molar-refractivity contribution >= 4 is 15.9 Å². The second-order valence-electron chi connectivity index (χ2n) is 4.84. The van der Waals surface area contributed by atoms with Crippen LogP contribution in [0.3, 0.4) is 0 Å². The van der Waals surface area contributed by atoms with E-state index in [4.69, 9.17) is 6.42 Å². The molecule has 0 aromatic heterocycles. The first kappa shape index (κ1) is 18.1. The van der Waals surface area contributed by atoms with Crippen molar-refractivity contribution in [2.24, 2.45) is 0 Å². The van der Waals surface area contributed by atoms with Crippen molar-refractivity contribution < 1.29 is 13.2 Å². The van der Waals surface area contributed by atoms with Crippen molar-refractivity contribution in [1.82, 2.24) is 5.32 Å². The van der Waals surface area contributed by atoms with Crippen LogP contribution in [0.15, 0.2) is 22.7 Å². The van der Waals surface area contributed by atoms with Gasteiger partial charge in [0.15, 0.2) is 0 Å². The average molecular weight is 362 g/mol. The van der Waals surface area contributed by atoms with E-state index in [1.54, 1.807) is 0 Å². The highest BCUT2D eigenvalue weighted by atomic mass is 79.9. The van der Waals surface area contributed by atoms with Crippen LogP contribution in [-0.2, 0) is 6.18 Å². The van der Waals surface area contributed by atoms with Crippen LogP contribution in [-0.4, -0.2) is 6.54 Å². The Labute approximate surface area is 132 Å². The Hall–Kier alpha value is -0.990. The fourth-order valence-corrected chi connectivity index (χ4v) is 2.60. The molecule has 1 aromatic carbocycles. The Kier molecular flexibility index (Phi) is 7.27. The van der Waals surface area contributed by atoms with Gasteiger partial charge >= 0.3 is 6.18 Å². The molecule has 0 bridgehead atoms. The first-order valence-electron chi connectivity index (χ1n) is 6.93. The fourth-order valence-electron chi connectivity index (χ4n) is 2.08. The maximum Gasteiger partial charge on any atom is 0.416 e. The summed E-state index contributed by atoms with van der Waals surface area (Å²) in [6.45, 7) is 2.77. The predicted molar refractivity (Wildman–Crippen MR) is 82.9 cm³/mol. The molecule has 0 aliphatic carbocycles. The summed E-state index contributed by atoms with van der Waals surface area (Å²) in [6.07, 6.45) is 3.94. The minimum atomic E-state index is -4.33. The number of rotatable bonds is 7. The van der Waals surface area contributed by atoms with Gasteiger partial charge in [-0.15, -0.1) is 12.3 Å². The maximum absolute atomic E-state index is 12.9. The lowest BCUT2D eigenvalue weighted by Gasteiger charge is -2.21. The van der Waals surface area contributed by atoms with Gasteiger partial charge in [0.25, 0.3) is 0 Å². The molecule has 0 aliphatic rings. The number of halogens is 4. The zero-order valence-electron chi connectivity index (χ0n) is 11.9. The largest absolute Gasteiger partial charge is 0.416 e. The number of hydrogen-bond donors (Lipinski definition) is 1. The van der Waals surface area contributed by atoms with Gasteiger partial charge in [-0.05, 0) is 49.6 Å². The number of hydrogen-bond acceptors (Lipinski definition) is 1. The molecular formula is C16H19BrF3N. The lowest BCUT2D eigenvalue weighted by Crippen LogP contribution is -2.23. The molecule has 116 valence electrons. The fraction of sp³-hybridized carbons (Fsp3) is 0.500. The standard InChI is InChI=1S/C16H19BrF3N/c1-3-5-6-7-15(21-10-4-2)13-11-12(16(18,19)20)8-9-14(13)17/h1,8-9,11,15,21H,4-7,10H2,2H3. The van der Waals surface area contributed by atoms with Gasteiger partial charge in [-0.2, -0.15) is 13.2 Å².